The molecule has 0 amide bonds. The third kappa shape index (κ3) is 7.56. The van der Waals surface area contributed by atoms with Gasteiger partial charge in [-0.15, -0.1) is 0 Å². The molecular weight excluding hydrogens is 488 g/mol. The summed E-state index contributed by atoms with van der Waals surface area (Å²) in [4.78, 5) is 0. The van der Waals surface area contributed by atoms with Crippen LogP contribution >= 0.6 is 0 Å². The predicted octanol–water partition coefficient (Wildman–Crippen LogP) is 6.60. The minimum atomic E-state index is -1.12. The number of aliphatic hydroxyl groups excluding tert-OH is 2. The van der Waals surface area contributed by atoms with Crippen LogP contribution in [0.3, 0.4) is 0 Å². The highest BCUT2D eigenvalue weighted by atomic mass is 16.7. The fourth-order valence-electron chi connectivity index (χ4n) is 5.40. The minimum Gasteiger partial charge on any atom is -0.387 e. The van der Waals surface area contributed by atoms with Crippen molar-refractivity contribution < 1.29 is 24.4 Å². The Morgan fingerprint density at radius 1 is 0.641 bits per heavy atom. The molecule has 5 nitrogen and oxygen atoms in total. The number of benzene rings is 3. The lowest BCUT2D eigenvalue weighted by molar-refractivity contribution is -0.176. The van der Waals surface area contributed by atoms with E-state index >= 15 is 0 Å². The van der Waals surface area contributed by atoms with Gasteiger partial charge in [-0.05, 0) is 23.1 Å². The van der Waals surface area contributed by atoms with Crippen molar-refractivity contribution in [3.8, 4) is 0 Å². The Bertz CT molecular complexity index is 962. The van der Waals surface area contributed by atoms with Gasteiger partial charge < -0.3 is 24.4 Å². The van der Waals surface area contributed by atoms with Gasteiger partial charge >= 0.3 is 0 Å². The van der Waals surface area contributed by atoms with Gasteiger partial charge in [0.15, 0.2) is 6.29 Å². The van der Waals surface area contributed by atoms with Gasteiger partial charge in [0.1, 0.15) is 23.9 Å². The second kappa shape index (κ2) is 15.3. The zero-order valence-corrected chi connectivity index (χ0v) is 23.2. The number of rotatable bonds is 16. The molecule has 3 aromatic rings. The van der Waals surface area contributed by atoms with Gasteiger partial charge in [-0.3, -0.25) is 0 Å². The Morgan fingerprint density at radius 3 is 1.59 bits per heavy atom. The van der Waals surface area contributed by atoms with E-state index in [9.17, 15) is 10.2 Å². The van der Waals surface area contributed by atoms with E-state index in [1.54, 1.807) is 0 Å². The molecule has 0 bridgehead atoms. The minimum absolute atomic E-state index is 0.0779. The Labute approximate surface area is 233 Å². The van der Waals surface area contributed by atoms with E-state index in [2.05, 4.69) is 43.3 Å². The summed E-state index contributed by atoms with van der Waals surface area (Å²) >= 11 is 0. The summed E-state index contributed by atoms with van der Waals surface area (Å²) in [5.74, 6) is 0. The quantitative estimate of drug-likeness (QED) is 0.161. The van der Waals surface area contributed by atoms with Crippen molar-refractivity contribution >= 4 is 0 Å². The van der Waals surface area contributed by atoms with Gasteiger partial charge in [0.05, 0.1) is 6.61 Å². The first-order chi connectivity index (χ1) is 19.2. The lowest BCUT2D eigenvalue weighted by Gasteiger charge is -2.37. The van der Waals surface area contributed by atoms with Crippen LogP contribution in [0.4, 0.5) is 0 Å². The van der Waals surface area contributed by atoms with Gasteiger partial charge in [0, 0.05) is 6.61 Å². The average Bonchev–Trinajstić information content (AvgIpc) is 3.26. The highest BCUT2D eigenvalue weighted by Gasteiger charge is 2.46. The van der Waals surface area contributed by atoms with E-state index < -0.39 is 30.2 Å². The SMILES string of the molecule is CCCCCCCCCCO[C@@H]1O[C@H](COC(c2ccccc2)(c2ccccc2)c2ccccc2)[C@H](O)C1O. The van der Waals surface area contributed by atoms with Crippen molar-refractivity contribution in [3.05, 3.63) is 108 Å². The zero-order chi connectivity index (χ0) is 27.3. The summed E-state index contributed by atoms with van der Waals surface area (Å²) < 4.78 is 18.7. The van der Waals surface area contributed by atoms with Crippen LogP contribution in [0, 0.1) is 0 Å². The third-order valence-corrected chi connectivity index (χ3v) is 7.60. The zero-order valence-electron chi connectivity index (χ0n) is 23.2. The Balaban J connectivity index is 1.42. The van der Waals surface area contributed by atoms with Crippen molar-refractivity contribution in [2.24, 2.45) is 0 Å². The van der Waals surface area contributed by atoms with Crippen LogP contribution < -0.4 is 0 Å². The molecule has 1 unspecified atom stereocenters. The molecule has 1 saturated heterocycles. The Morgan fingerprint density at radius 2 is 1.10 bits per heavy atom. The van der Waals surface area contributed by atoms with Crippen molar-refractivity contribution in [2.75, 3.05) is 13.2 Å². The molecule has 210 valence electrons. The molecule has 1 aliphatic rings. The van der Waals surface area contributed by atoms with Crippen LogP contribution in [0.25, 0.3) is 0 Å². The molecule has 1 heterocycles. The first kappa shape index (κ1) is 29.4. The molecule has 1 fully saturated rings. The maximum Gasteiger partial charge on any atom is 0.186 e. The van der Waals surface area contributed by atoms with Crippen LogP contribution in [0.2, 0.25) is 0 Å². The van der Waals surface area contributed by atoms with E-state index in [0.29, 0.717) is 6.61 Å². The van der Waals surface area contributed by atoms with E-state index in [0.717, 1.165) is 29.5 Å². The predicted molar refractivity (Wildman–Crippen MR) is 154 cm³/mol. The van der Waals surface area contributed by atoms with Gasteiger partial charge in [-0.1, -0.05) is 143 Å². The molecule has 0 aliphatic carbocycles. The van der Waals surface area contributed by atoms with Crippen LogP contribution in [-0.4, -0.2) is 48.0 Å². The van der Waals surface area contributed by atoms with E-state index in [4.69, 9.17) is 14.2 Å². The van der Waals surface area contributed by atoms with Crippen LogP contribution in [0.15, 0.2) is 91.0 Å². The molecule has 1 aliphatic heterocycles. The lowest BCUT2D eigenvalue weighted by Crippen LogP contribution is -2.39. The average molecular weight is 533 g/mol. The summed E-state index contributed by atoms with van der Waals surface area (Å²) in [6, 6.07) is 30.3. The molecule has 3 aromatic carbocycles. The molecule has 39 heavy (non-hydrogen) atoms. The first-order valence-corrected chi connectivity index (χ1v) is 14.6. The lowest BCUT2D eigenvalue weighted by atomic mass is 9.80. The molecular formula is C34H44O5. The van der Waals surface area contributed by atoms with E-state index in [1.165, 1.54) is 38.5 Å². The fraction of sp³-hybridized carbons (Fsp3) is 0.471. The number of unbranched alkanes of at least 4 members (excludes halogenated alkanes) is 7. The topological polar surface area (TPSA) is 68.2 Å². The molecule has 2 N–H and O–H groups in total. The van der Waals surface area contributed by atoms with Gasteiger partial charge in [0.25, 0.3) is 0 Å². The van der Waals surface area contributed by atoms with Crippen LogP contribution in [-0.2, 0) is 19.8 Å². The standard InChI is InChI=1S/C34H44O5/c1-2-3-4-5-6-7-8-18-25-37-33-32(36)31(35)30(39-33)26-38-34(27-19-12-9-13-20-27,28-21-14-10-15-22-28)29-23-16-11-17-24-29/h9-17,19-24,30-33,35-36H,2-8,18,25-26H2,1H3/t30-,31+,32?,33-/m1/s1. The van der Waals surface area contributed by atoms with Gasteiger partial charge in [0.2, 0.25) is 0 Å². The van der Waals surface area contributed by atoms with Crippen molar-refractivity contribution in [1.29, 1.82) is 0 Å². The number of hydrogen-bond acceptors (Lipinski definition) is 5. The summed E-state index contributed by atoms with van der Waals surface area (Å²) in [6.45, 7) is 2.81. The van der Waals surface area contributed by atoms with E-state index in [-0.39, 0.29) is 6.61 Å². The number of hydrogen-bond donors (Lipinski definition) is 2. The molecule has 4 atom stereocenters. The molecule has 0 radical (unpaired) electrons. The summed E-state index contributed by atoms with van der Waals surface area (Å²) in [7, 11) is 0. The fourth-order valence-corrected chi connectivity index (χ4v) is 5.40. The summed E-state index contributed by atoms with van der Waals surface area (Å²) in [5.41, 5.74) is 1.99. The second-order valence-corrected chi connectivity index (χ2v) is 10.5. The Kier molecular flexibility index (Phi) is 11.6. The second-order valence-electron chi connectivity index (χ2n) is 10.5. The van der Waals surface area contributed by atoms with E-state index in [1.807, 2.05) is 54.6 Å². The first-order valence-electron chi connectivity index (χ1n) is 14.6. The normalized spacial score (nSPS) is 21.3. The van der Waals surface area contributed by atoms with Crippen LogP contribution in [0.1, 0.15) is 75.0 Å². The summed E-state index contributed by atoms with van der Waals surface area (Å²) in [5, 5.41) is 21.5. The van der Waals surface area contributed by atoms with Gasteiger partial charge in [-0.25, -0.2) is 0 Å². The van der Waals surface area contributed by atoms with Crippen molar-refractivity contribution in [2.45, 2.75) is 88.5 Å². The third-order valence-electron chi connectivity index (χ3n) is 7.60. The highest BCUT2D eigenvalue weighted by molar-refractivity contribution is 5.47. The summed E-state index contributed by atoms with van der Waals surface area (Å²) in [6.07, 6.45) is 5.84. The molecule has 4 rings (SSSR count). The molecule has 0 aromatic heterocycles. The van der Waals surface area contributed by atoms with Crippen molar-refractivity contribution in [1.82, 2.24) is 0 Å². The Hall–Kier alpha value is -2.54. The smallest absolute Gasteiger partial charge is 0.186 e. The van der Waals surface area contributed by atoms with Gasteiger partial charge in [-0.2, -0.15) is 0 Å². The molecule has 0 spiro atoms. The number of aliphatic hydroxyl groups is 2. The van der Waals surface area contributed by atoms with Crippen LogP contribution in [0.5, 0.6) is 0 Å². The number of ether oxygens (including phenoxy) is 3. The highest BCUT2D eigenvalue weighted by Crippen LogP contribution is 2.41. The maximum atomic E-state index is 10.8. The largest absolute Gasteiger partial charge is 0.387 e. The molecule has 5 heteroatoms. The molecule has 0 saturated carbocycles. The monoisotopic (exact) mass is 532 g/mol. The maximum absolute atomic E-state index is 10.8. The van der Waals surface area contributed by atoms with Crippen molar-refractivity contribution in [3.63, 3.8) is 0 Å².